The van der Waals surface area contributed by atoms with Crippen LogP contribution in [0.25, 0.3) is 21.5 Å². The zero-order valence-corrected chi connectivity index (χ0v) is 12.0. The van der Waals surface area contributed by atoms with E-state index in [4.69, 9.17) is 5.21 Å². The van der Waals surface area contributed by atoms with Crippen LogP contribution in [-0.4, -0.2) is 17.5 Å². The van der Waals surface area contributed by atoms with Crippen LogP contribution in [0.15, 0.2) is 53.6 Å². The molecule has 3 N–H and O–H groups in total. The monoisotopic (exact) mass is 293 g/mol. The summed E-state index contributed by atoms with van der Waals surface area (Å²) in [6.07, 6.45) is 1.60. The molecule has 0 saturated carbocycles. The number of hydrogen-bond donors (Lipinski definition) is 3. The number of aryl methyl sites for hydroxylation is 1. The summed E-state index contributed by atoms with van der Waals surface area (Å²) in [4.78, 5) is 11.0. The van der Waals surface area contributed by atoms with Crippen LogP contribution in [0.4, 0.5) is 4.79 Å². The Bertz CT molecular complexity index is 831. The molecule has 0 aliphatic heterocycles. The molecule has 0 fully saturated rings. The van der Waals surface area contributed by atoms with Crippen molar-refractivity contribution in [2.45, 2.75) is 6.92 Å². The van der Waals surface area contributed by atoms with E-state index in [-0.39, 0.29) is 0 Å². The van der Waals surface area contributed by atoms with Gasteiger partial charge >= 0.3 is 6.03 Å². The molecule has 0 spiro atoms. The van der Waals surface area contributed by atoms with Crippen LogP contribution in [0.1, 0.15) is 11.1 Å². The van der Waals surface area contributed by atoms with Crippen molar-refractivity contribution in [3.05, 3.63) is 59.7 Å². The smallest absolute Gasteiger partial charge is 0.287 e. The van der Waals surface area contributed by atoms with E-state index in [1.165, 1.54) is 11.0 Å². The molecule has 2 amide bonds. The Balaban J connectivity index is 2.25. The lowest BCUT2D eigenvalue weighted by Crippen LogP contribution is -2.29. The van der Waals surface area contributed by atoms with Crippen molar-refractivity contribution in [2.24, 2.45) is 5.10 Å². The summed E-state index contributed by atoms with van der Waals surface area (Å²) in [6.45, 7) is 2.10. The Labute approximate surface area is 127 Å². The van der Waals surface area contributed by atoms with Crippen LogP contribution in [-0.2, 0) is 0 Å². The molecule has 110 valence electrons. The standard InChI is InChI=1S/C17H15N3O2/c1-11-12-6-2-4-8-14(12)16(10-18-19-17(21)20-22)15-9-5-3-7-13(11)15/h2-10,22H,1H3,(H2,19,20,21)/b18-10-. The molecule has 3 aromatic carbocycles. The number of hydrogen-bond acceptors (Lipinski definition) is 3. The van der Waals surface area contributed by atoms with Gasteiger partial charge in [-0.05, 0) is 34.0 Å². The number of nitrogens with zero attached hydrogens (tertiary/aromatic N) is 1. The molecule has 3 aromatic rings. The van der Waals surface area contributed by atoms with Crippen molar-refractivity contribution in [1.29, 1.82) is 0 Å². The number of benzene rings is 3. The maximum absolute atomic E-state index is 11.0. The SMILES string of the molecule is Cc1c2ccccc2c(/C=N\NC(=O)NO)c2ccccc12. The zero-order chi connectivity index (χ0) is 15.5. The summed E-state index contributed by atoms with van der Waals surface area (Å²) in [5.41, 5.74) is 5.80. The molecule has 3 rings (SSSR count). The summed E-state index contributed by atoms with van der Waals surface area (Å²) < 4.78 is 0. The number of urea groups is 1. The van der Waals surface area contributed by atoms with Crippen molar-refractivity contribution in [1.82, 2.24) is 10.9 Å². The number of amides is 2. The quantitative estimate of drug-likeness (QED) is 0.293. The largest absolute Gasteiger partial charge is 0.358 e. The normalized spacial score (nSPS) is 11.2. The van der Waals surface area contributed by atoms with Gasteiger partial charge in [0.05, 0.1) is 6.21 Å². The highest BCUT2D eigenvalue weighted by molar-refractivity contribution is 6.15. The van der Waals surface area contributed by atoms with E-state index < -0.39 is 6.03 Å². The average molecular weight is 293 g/mol. The molecule has 0 radical (unpaired) electrons. The third-order valence-electron chi connectivity index (χ3n) is 3.70. The second-order valence-electron chi connectivity index (χ2n) is 4.94. The van der Waals surface area contributed by atoms with E-state index in [0.717, 1.165) is 27.1 Å². The van der Waals surface area contributed by atoms with Gasteiger partial charge in [-0.2, -0.15) is 5.10 Å². The average Bonchev–Trinajstić information content (AvgIpc) is 2.57. The highest BCUT2D eigenvalue weighted by atomic mass is 16.5. The molecule has 0 aliphatic carbocycles. The molecule has 0 atom stereocenters. The van der Waals surface area contributed by atoms with Gasteiger partial charge in [0.15, 0.2) is 0 Å². The van der Waals surface area contributed by atoms with Gasteiger partial charge in [-0.25, -0.2) is 15.7 Å². The highest BCUT2D eigenvalue weighted by Gasteiger charge is 2.09. The van der Waals surface area contributed by atoms with E-state index in [1.807, 2.05) is 36.4 Å². The van der Waals surface area contributed by atoms with Crippen molar-refractivity contribution < 1.29 is 10.0 Å². The van der Waals surface area contributed by atoms with Crippen LogP contribution in [0.5, 0.6) is 0 Å². The molecule has 0 aromatic heterocycles. The fourth-order valence-corrected chi connectivity index (χ4v) is 2.70. The molecule has 0 bridgehead atoms. The zero-order valence-electron chi connectivity index (χ0n) is 12.0. The molecule has 0 aliphatic rings. The lowest BCUT2D eigenvalue weighted by molar-refractivity contribution is 0.162. The lowest BCUT2D eigenvalue weighted by Gasteiger charge is -2.11. The van der Waals surface area contributed by atoms with Gasteiger partial charge in [0.25, 0.3) is 0 Å². The van der Waals surface area contributed by atoms with E-state index in [9.17, 15) is 4.79 Å². The molecule has 5 heteroatoms. The van der Waals surface area contributed by atoms with E-state index >= 15 is 0 Å². The number of fused-ring (bicyclic) bond motifs is 2. The fraction of sp³-hybridized carbons (Fsp3) is 0.0588. The first kappa shape index (κ1) is 14.0. The minimum Gasteiger partial charge on any atom is -0.287 e. The number of hydrazone groups is 1. The van der Waals surface area contributed by atoms with Gasteiger partial charge in [-0.1, -0.05) is 48.5 Å². The number of carbonyl (C=O) groups is 1. The molecule has 0 heterocycles. The van der Waals surface area contributed by atoms with Gasteiger partial charge in [-0.3, -0.25) is 5.21 Å². The Morgan fingerprint density at radius 3 is 2.00 bits per heavy atom. The lowest BCUT2D eigenvalue weighted by atomic mass is 9.93. The first-order chi connectivity index (χ1) is 10.7. The van der Waals surface area contributed by atoms with Gasteiger partial charge in [0.2, 0.25) is 0 Å². The first-order valence-corrected chi connectivity index (χ1v) is 6.85. The number of carbonyl (C=O) groups excluding carboxylic acids is 1. The van der Waals surface area contributed by atoms with Crippen molar-refractivity contribution in [3.8, 4) is 0 Å². The van der Waals surface area contributed by atoms with Crippen molar-refractivity contribution in [3.63, 3.8) is 0 Å². The van der Waals surface area contributed by atoms with E-state index in [1.54, 1.807) is 6.21 Å². The predicted octanol–water partition coefficient (Wildman–Crippen LogP) is 3.32. The molecule has 22 heavy (non-hydrogen) atoms. The fourth-order valence-electron chi connectivity index (χ4n) is 2.70. The highest BCUT2D eigenvalue weighted by Crippen LogP contribution is 2.31. The van der Waals surface area contributed by atoms with E-state index in [2.05, 4.69) is 29.6 Å². The van der Waals surface area contributed by atoms with Gasteiger partial charge in [0.1, 0.15) is 0 Å². The summed E-state index contributed by atoms with van der Waals surface area (Å²) in [5.74, 6) is 0. The van der Waals surface area contributed by atoms with Crippen LogP contribution in [0.3, 0.4) is 0 Å². The Morgan fingerprint density at radius 1 is 1.00 bits per heavy atom. The first-order valence-electron chi connectivity index (χ1n) is 6.85. The number of rotatable bonds is 2. The van der Waals surface area contributed by atoms with Gasteiger partial charge in [-0.15, -0.1) is 0 Å². The molecule has 0 unspecified atom stereocenters. The Kier molecular flexibility index (Phi) is 3.72. The summed E-state index contributed by atoms with van der Waals surface area (Å²) in [7, 11) is 0. The van der Waals surface area contributed by atoms with Crippen molar-refractivity contribution >= 4 is 33.8 Å². The van der Waals surface area contributed by atoms with Gasteiger partial charge in [0, 0.05) is 5.56 Å². The molecular weight excluding hydrogens is 278 g/mol. The number of nitrogens with one attached hydrogen (secondary N) is 2. The Hall–Kier alpha value is -2.92. The third-order valence-corrected chi connectivity index (χ3v) is 3.70. The minimum atomic E-state index is -0.781. The summed E-state index contributed by atoms with van der Waals surface area (Å²) in [6, 6.07) is 15.4. The number of hydroxylamine groups is 1. The Morgan fingerprint density at radius 2 is 1.50 bits per heavy atom. The maximum Gasteiger partial charge on any atom is 0.358 e. The minimum absolute atomic E-state index is 0.781. The summed E-state index contributed by atoms with van der Waals surface area (Å²) in [5, 5.41) is 16.8. The summed E-state index contributed by atoms with van der Waals surface area (Å²) >= 11 is 0. The third kappa shape index (κ3) is 2.38. The van der Waals surface area contributed by atoms with Crippen LogP contribution < -0.4 is 10.9 Å². The predicted molar refractivity (Wildman–Crippen MR) is 87.2 cm³/mol. The van der Waals surface area contributed by atoms with Gasteiger partial charge < -0.3 is 0 Å². The molecule has 0 saturated heterocycles. The second-order valence-corrected chi connectivity index (χ2v) is 4.94. The van der Waals surface area contributed by atoms with Crippen LogP contribution in [0.2, 0.25) is 0 Å². The maximum atomic E-state index is 11.0. The van der Waals surface area contributed by atoms with Crippen molar-refractivity contribution in [2.75, 3.05) is 0 Å². The molecule has 5 nitrogen and oxygen atoms in total. The van der Waals surface area contributed by atoms with E-state index in [0.29, 0.717) is 0 Å². The van der Waals surface area contributed by atoms with Crippen LogP contribution >= 0.6 is 0 Å². The molecular formula is C17H15N3O2. The second kappa shape index (κ2) is 5.83. The topological polar surface area (TPSA) is 73.7 Å². The van der Waals surface area contributed by atoms with Crippen LogP contribution in [0, 0.1) is 6.92 Å².